The van der Waals surface area contributed by atoms with E-state index in [1.54, 1.807) is 12.1 Å². The lowest BCUT2D eigenvalue weighted by atomic mass is 9.70. The molecule has 0 spiro atoms. The number of phenols is 1. The van der Waals surface area contributed by atoms with Crippen LogP contribution in [0.25, 0.3) is 55.7 Å². The monoisotopic (exact) mass is 835 g/mol. The number of piperidine rings is 3. The normalized spacial score (nSPS) is 19.9. The standard InChI is InChI=1S/C54H47ClN4O3/c55-52-50(38-17-9-3-10-18-38)54(58-53(57-52)39-19-11-4-12-20-39)62-51(46-25-28-56-48-24-22-44(61)33-47(46)48)49-32-41-26-29-59(49,34-42(41)27-30-60)35-43-31-40(36-13-5-1-6-14-36)21-23-45(43)37-15-7-2-8-16-37/h1-25,28,31,33,41-42,49,51,60H,26-27,29-30,32,34-35H2/p+1/t41-,42-,49-,51+,59?/m0/s1. The quantitative estimate of drug-likeness (QED) is 0.0941. The maximum Gasteiger partial charge on any atom is 0.227 e. The number of fused-ring (bicyclic) bond motifs is 4. The molecule has 7 nitrogen and oxygen atoms in total. The van der Waals surface area contributed by atoms with E-state index in [2.05, 4.69) is 78.9 Å². The van der Waals surface area contributed by atoms with Crippen LogP contribution in [0.4, 0.5) is 0 Å². The lowest BCUT2D eigenvalue weighted by Gasteiger charge is -2.59. The lowest BCUT2D eigenvalue weighted by Crippen LogP contribution is -2.68. The Morgan fingerprint density at radius 3 is 2.10 bits per heavy atom. The Balaban J connectivity index is 1.19. The van der Waals surface area contributed by atoms with E-state index in [1.165, 1.54) is 27.8 Å². The average molecular weight is 836 g/mol. The van der Waals surface area contributed by atoms with Gasteiger partial charge in [0.1, 0.15) is 23.5 Å². The molecule has 2 aromatic heterocycles. The fourth-order valence-electron chi connectivity index (χ4n) is 10.4. The summed E-state index contributed by atoms with van der Waals surface area (Å²) in [5, 5.41) is 22.6. The van der Waals surface area contributed by atoms with Crippen molar-refractivity contribution in [2.75, 3.05) is 19.7 Å². The van der Waals surface area contributed by atoms with Crippen LogP contribution < -0.4 is 4.74 Å². The number of halogens is 1. The van der Waals surface area contributed by atoms with Crippen LogP contribution in [0.2, 0.25) is 5.15 Å². The van der Waals surface area contributed by atoms with Crippen LogP contribution in [0.3, 0.4) is 0 Å². The first kappa shape index (κ1) is 39.7. The van der Waals surface area contributed by atoms with E-state index >= 15 is 0 Å². The van der Waals surface area contributed by atoms with Gasteiger partial charge in [0.2, 0.25) is 5.88 Å². The van der Waals surface area contributed by atoms with Crippen molar-refractivity contribution >= 4 is 22.5 Å². The van der Waals surface area contributed by atoms with Crippen molar-refractivity contribution in [1.29, 1.82) is 0 Å². The number of aromatic nitrogens is 3. The third kappa shape index (κ3) is 7.73. The zero-order valence-corrected chi connectivity index (χ0v) is 35.2. The second-order valence-corrected chi connectivity index (χ2v) is 17.3. The van der Waals surface area contributed by atoms with Crippen LogP contribution in [0.1, 0.15) is 36.5 Å². The van der Waals surface area contributed by atoms with Crippen LogP contribution in [-0.2, 0) is 6.54 Å². The molecule has 62 heavy (non-hydrogen) atoms. The van der Waals surface area contributed by atoms with Crippen molar-refractivity contribution in [2.45, 2.75) is 38.0 Å². The number of benzene rings is 6. The van der Waals surface area contributed by atoms with Gasteiger partial charge in [0.25, 0.3) is 0 Å². The molecule has 5 heterocycles. The van der Waals surface area contributed by atoms with Crippen LogP contribution >= 0.6 is 11.6 Å². The Morgan fingerprint density at radius 1 is 0.710 bits per heavy atom. The SMILES string of the molecule is OCC[C@H]1C[N+]2(Cc3cc(-c4ccccc4)ccc3-c3ccccc3)CC[C@H]1C[C@H]2[C@H](Oc1nc(-c2ccccc2)nc(Cl)c1-c1ccccc1)c1ccnc2ccc(O)cc12. The molecule has 2 N–H and O–H groups in total. The van der Waals surface area contributed by atoms with Crippen molar-refractivity contribution in [3.05, 3.63) is 186 Å². The number of aliphatic hydroxyl groups is 1. The molecule has 3 aliphatic heterocycles. The van der Waals surface area contributed by atoms with Crippen molar-refractivity contribution in [3.8, 4) is 56.4 Å². The van der Waals surface area contributed by atoms with Gasteiger partial charge in [-0.2, -0.15) is 4.98 Å². The lowest BCUT2D eigenvalue weighted by molar-refractivity contribution is -0.985. The fraction of sp³-hybridized carbons (Fsp3) is 0.204. The molecule has 3 fully saturated rings. The van der Waals surface area contributed by atoms with Gasteiger partial charge in [0, 0.05) is 53.6 Å². The maximum atomic E-state index is 11.0. The van der Waals surface area contributed by atoms with E-state index in [1.807, 2.05) is 79.0 Å². The summed E-state index contributed by atoms with van der Waals surface area (Å²) in [6, 6.07) is 55.4. The van der Waals surface area contributed by atoms with Crippen molar-refractivity contribution in [2.24, 2.45) is 11.8 Å². The Labute approximate surface area is 367 Å². The first-order chi connectivity index (χ1) is 30.5. The van der Waals surface area contributed by atoms with Crippen LogP contribution in [-0.4, -0.2) is 55.4 Å². The highest BCUT2D eigenvalue weighted by atomic mass is 35.5. The Kier molecular flexibility index (Phi) is 11.0. The van der Waals surface area contributed by atoms with E-state index in [-0.39, 0.29) is 18.4 Å². The number of aromatic hydroxyl groups is 1. The summed E-state index contributed by atoms with van der Waals surface area (Å²) in [5.74, 6) is 1.78. The summed E-state index contributed by atoms with van der Waals surface area (Å²) < 4.78 is 8.37. The summed E-state index contributed by atoms with van der Waals surface area (Å²) in [6.45, 7) is 2.74. The molecule has 3 saturated heterocycles. The van der Waals surface area contributed by atoms with E-state index in [0.717, 1.165) is 71.0 Å². The first-order valence-corrected chi connectivity index (χ1v) is 22.0. The van der Waals surface area contributed by atoms with Crippen molar-refractivity contribution < 1.29 is 19.4 Å². The maximum absolute atomic E-state index is 11.0. The molecule has 2 bridgehead atoms. The molecule has 308 valence electrons. The summed E-state index contributed by atoms with van der Waals surface area (Å²) in [7, 11) is 0. The van der Waals surface area contributed by atoms with Crippen LogP contribution in [0.15, 0.2) is 170 Å². The number of pyridine rings is 1. The molecular formula is C54H48ClN4O3+. The summed E-state index contributed by atoms with van der Waals surface area (Å²) >= 11 is 7.24. The molecular weight excluding hydrogens is 788 g/mol. The van der Waals surface area contributed by atoms with Gasteiger partial charge in [0.05, 0.1) is 24.2 Å². The molecule has 8 aromatic rings. The van der Waals surface area contributed by atoms with Gasteiger partial charge < -0.3 is 19.4 Å². The minimum Gasteiger partial charge on any atom is -0.508 e. The van der Waals surface area contributed by atoms with E-state index in [9.17, 15) is 10.2 Å². The second kappa shape index (κ2) is 17.2. The molecule has 6 aromatic carbocycles. The number of phenolic OH excluding ortho intramolecular Hbond substituents is 1. The molecule has 0 saturated carbocycles. The number of rotatable bonds is 12. The highest BCUT2D eigenvalue weighted by Crippen LogP contribution is 2.51. The number of nitrogens with zero attached hydrogens (tertiary/aromatic N) is 4. The largest absolute Gasteiger partial charge is 0.508 e. The first-order valence-electron chi connectivity index (χ1n) is 21.6. The Bertz CT molecular complexity index is 2830. The zero-order valence-electron chi connectivity index (χ0n) is 34.4. The highest BCUT2D eigenvalue weighted by molar-refractivity contribution is 6.32. The number of quaternary nitrogens is 1. The van der Waals surface area contributed by atoms with E-state index in [0.29, 0.717) is 34.3 Å². The minimum absolute atomic E-state index is 0.0572. The molecule has 8 heteroatoms. The Hall–Kier alpha value is -6.38. The van der Waals surface area contributed by atoms with Gasteiger partial charge in [-0.05, 0) is 70.5 Å². The van der Waals surface area contributed by atoms with Gasteiger partial charge in [-0.3, -0.25) is 4.98 Å². The fourth-order valence-corrected chi connectivity index (χ4v) is 10.7. The van der Waals surface area contributed by atoms with Gasteiger partial charge in [-0.1, -0.05) is 145 Å². The summed E-state index contributed by atoms with van der Waals surface area (Å²) in [4.78, 5) is 14.8. The molecule has 0 amide bonds. The highest BCUT2D eigenvalue weighted by Gasteiger charge is 2.56. The van der Waals surface area contributed by atoms with E-state index < -0.39 is 6.10 Å². The molecule has 5 atom stereocenters. The van der Waals surface area contributed by atoms with Crippen LogP contribution in [0.5, 0.6) is 11.6 Å². The third-order valence-corrected chi connectivity index (χ3v) is 13.6. The van der Waals surface area contributed by atoms with Gasteiger partial charge >= 0.3 is 0 Å². The predicted octanol–water partition coefficient (Wildman–Crippen LogP) is 12.0. The molecule has 1 unspecified atom stereocenters. The molecule has 11 rings (SSSR count). The van der Waals surface area contributed by atoms with E-state index in [4.69, 9.17) is 31.3 Å². The second-order valence-electron chi connectivity index (χ2n) is 16.9. The Morgan fingerprint density at radius 2 is 1.39 bits per heavy atom. The average Bonchev–Trinajstić information content (AvgIpc) is 3.32. The van der Waals surface area contributed by atoms with Gasteiger partial charge in [-0.25, -0.2) is 4.98 Å². The molecule has 0 aliphatic carbocycles. The summed E-state index contributed by atoms with van der Waals surface area (Å²) in [6.07, 6.45) is 3.98. The van der Waals surface area contributed by atoms with Gasteiger partial charge in [-0.15, -0.1) is 0 Å². The van der Waals surface area contributed by atoms with Gasteiger partial charge in [0.15, 0.2) is 11.9 Å². The topological polar surface area (TPSA) is 88.4 Å². The predicted molar refractivity (Wildman–Crippen MR) is 247 cm³/mol. The smallest absolute Gasteiger partial charge is 0.227 e. The number of aliphatic hydroxyl groups excluding tert-OH is 1. The van der Waals surface area contributed by atoms with Crippen molar-refractivity contribution in [1.82, 2.24) is 15.0 Å². The number of hydrogen-bond acceptors (Lipinski definition) is 6. The number of ether oxygens (including phenoxy) is 1. The number of hydrogen-bond donors (Lipinski definition) is 2. The van der Waals surface area contributed by atoms with Crippen LogP contribution in [0, 0.1) is 11.8 Å². The minimum atomic E-state index is -0.547. The third-order valence-electron chi connectivity index (χ3n) is 13.3. The van der Waals surface area contributed by atoms with Crippen molar-refractivity contribution in [3.63, 3.8) is 0 Å². The summed E-state index contributed by atoms with van der Waals surface area (Å²) in [5.41, 5.74) is 10.0. The zero-order chi connectivity index (χ0) is 42.0. The molecule has 3 aliphatic rings. The molecule has 0 radical (unpaired) electrons.